The molecule has 0 aliphatic carbocycles. The molecule has 0 saturated carbocycles. The summed E-state index contributed by atoms with van der Waals surface area (Å²) in [5.41, 5.74) is 5.33. The molecule has 0 aliphatic rings. The van der Waals surface area contributed by atoms with Crippen molar-refractivity contribution in [1.82, 2.24) is 5.32 Å². The molecule has 0 radical (unpaired) electrons. The van der Waals surface area contributed by atoms with Crippen molar-refractivity contribution < 1.29 is 4.74 Å². The Morgan fingerprint density at radius 3 is 2.58 bits per heavy atom. The molecule has 0 spiro atoms. The van der Waals surface area contributed by atoms with E-state index in [2.05, 4.69) is 49.5 Å². The molecule has 0 aromatic heterocycles. The number of hydrogen-bond donors (Lipinski definition) is 1. The van der Waals surface area contributed by atoms with Crippen molar-refractivity contribution in [3.05, 3.63) is 64.7 Å². The van der Waals surface area contributed by atoms with Crippen molar-refractivity contribution in [2.24, 2.45) is 0 Å². The molecule has 2 aromatic rings. The highest BCUT2D eigenvalue weighted by molar-refractivity contribution is 5.33. The van der Waals surface area contributed by atoms with Crippen LogP contribution in [0.25, 0.3) is 0 Å². The van der Waals surface area contributed by atoms with Crippen molar-refractivity contribution in [3.8, 4) is 5.75 Å². The van der Waals surface area contributed by atoms with Crippen LogP contribution >= 0.6 is 0 Å². The summed E-state index contributed by atoms with van der Waals surface area (Å²) in [7, 11) is 1.70. The third-order valence-corrected chi connectivity index (χ3v) is 3.50. The van der Waals surface area contributed by atoms with E-state index in [1.54, 1.807) is 7.11 Å². The van der Waals surface area contributed by atoms with Gasteiger partial charge in [-0.25, -0.2) is 0 Å². The highest BCUT2D eigenvalue weighted by Gasteiger charge is 2.01. The Kier molecular flexibility index (Phi) is 4.58. The van der Waals surface area contributed by atoms with Crippen molar-refractivity contribution in [2.75, 3.05) is 7.11 Å². The van der Waals surface area contributed by atoms with Gasteiger partial charge in [-0.15, -0.1) is 0 Å². The van der Waals surface area contributed by atoms with Gasteiger partial charge in [0.25, 0.3) is 0 Å². The second-order valence-corrected chi connectivity index (χ2v) is 4.81. The molecule has 0 unspecified atom stereocenters. The molecule has 0 aliphatic heterocycles. The Bertz CT molecular complexity index is 549. The molecule has 2 aromatic carbocycles. The molecule has 2 heteroatoms. The molecular weight excluding hydrogens is 234 g/mol. The van der Waals surface area contributed by atoms with Gasteiger partial charge in [0.15, 0.2) is 0 Å². The molecule has 100 valence electrons. The molecule has 2 rings (SSSR count). The lowest BCUT2D eigenvalue weighted by atomic mass is 10.0. The SMILES string of the molecule is COc1cccc(CNCc2cccc(C)c2C)c1. The van der Waals surface area contributed by atoms with Gasteiger partial charge >= 0.3 is 0 Å². The third-order valence-electron chi connectivity index (χ3n) is 3.50. The van der Waals surface area contributed by atoms with Crippen LogP contribution in [0.3, 0.4) is 0 Å². The maximum absolute atomic E-state index is 5.23. The van der Waals surface area contributed by atoms with Crippen LogP contribution in [-0.4, -0.2) is 7.11 Å². The Labute approximate surface area is 115 Å². The summed E-state index contributed by atoms with van der Waals surface area (Å²) >= 11 is 0. The average molecular weight is 255 g/mol. The number of ether oxygens (including phenoxy) is 1. The van der Waals surface area contributed by atoms with Gasteiger partial charge in [0.2, 0.25) is 0 Å². The zero-order valence-electron chi connectivity index (χ0n) is 11.9. The van der Waals surface area contributed by atoms with Gasteiger partial charge < -0.3 is 10.1 Å². The van der Waals surface area contributed by atoms with Crippen LogP contribution in [0.2, 0.25) is 0 Å². The lowest BCUT2D eigenvalue weighted by Gasteiger charge is -2.10. The molecule has 0 saturated heterocycles. The van der Waals surface area contributed by atoms with Gasteiger partial charge in [-0.2, -0.15) is 0 Å². The summed E-state index contributed by atoms with van der Waals surface area (Å²) in [5.74, 6) is 0.908. The van der Waals surface area contributed by atoms with Gasteiger partial charge in [0.05, 0.1) is 7.11 Å². The van der Waals surface area contributed by atoms with E-state index in [0.29, 0.717) is 0 Å². The highest BCUT2D eigenvalue weighted by atomic mass is 16.5. The summed E-state index contributed by atoms with van der Waals surface area (Å²) in [6.45, 7) is 6.08. The zero-order valence-corrected chi connectivity index (χ0v) is 11.9. The lowest BCUT2D eigenvalue weighted by Crippen LogP contribution is -2.13. The fourth-order valence-corrected chi connectivity index (χ4v) is 2.13. The summed E-state index contributed by atoms with van der Waals surface area (Å²) in [6, 6.07) is 14.6. The molecule has 0 bridgehead atoms. The van der Waals surface area contributed by atoms with Crippen molar-refractivity contribution in [2.45, 2.75) is 26.9 Å². The third kappa shape index (κ3) is 3.58. The van der Waals surface area contributed by atoms with E-state index < -0.39 is 0 Å². The van der Waals surface area contributed by atoms with E-state index in [1.165, 1.54) is 22.3 Å². The number of aryl methyl sites for hydroxylation is 1. The van der Waals surface area contributed by atoms with E-state index >= 15 is 0 Å². The van der Waals surface area contributed by atoms with E-state index in [-0.39, 0.29) is 0 Å². The monoisotopic (exact) mass is 255 g/mol. The number of nitrogens with one attached hydrogen (secondary N) is 1. The first-order chi connectivity index (χ1) is 9.20. The summed E-state index contributed by atoms with van der Waals surface area (Å²) in [6.07, 6.45) is 0. The zero-order chi connectivity index (χ0) is 13.7. The topological polar surface area (TPSA) is 21.3 Å². The van der Waals surface area contributed by atoms with E-state index in [0.717, 1.165) is 18.8 Å². The van der Waals surface area contributed by atoms with Crippen LogP contribution in [-0.2, 0) is 13.1 Å². The second kappa shape index (κ2) is 6.39. The highest BCUT2D eigenvalue weighted by Crippen LogP contribution is 2.14. The van der Waals surface area contributed by atoms with Gasteiger partial charge in [-0.1, -0.05) is 30.3 Å². The predicted molar refractivity (Wildman–Crippen MR) is 79.5 cm³/mol. The quantitative estimate of drug-likeness (QED) is 0.881. The Morgan fingerprint density at radius 1 is 1.00 bits per heavy atom. The van der Waals surface area contributed by atoms with E-state index in [1.807, 2.05) is 12.1 Å². The van der Waals surface area contributed by atoms with Crippen LogP contribution in [0.1, 0.15) is 22.3 Å². The molecule has 2 nitrogen and oxygen atoms in total. The Morgan fingerprint density at radius 2 is 1.79 bits per heavy atom. The molecule has 0 atom stereocenters. The number of benzene rings is 2. The normalized spacial score (nSPS) is 10.5. The Hall–Kier alpha value is -1.80. The fraction of sp³-hybridized carbons (Fsp3) is 0.294. The minimum Gasteiger partial charge on any atom is -0.497 e. The van der Waals surface area contributed by atoms with Gasteiger partial charge in [0, 0.05) is 13.1 Å². The first-order valence-electron chi connectivity index (χ1n) is 6.59. The largest absolute Gasteiger partial charge is 0.497 e. The van der Waals surface area contributed by atoms with E-state index in [4.69, 9.17) is 4.74 Å². The first kappa shape index (κ1) is 13.6. The number of rotatable bonds is 5. The average Bonchev–Trinajstić information content (AvgIpc) is 2.44. The predicted octanol–water partition coefficient (Wildman–Crippen LogP) is 3.60. The second-order valence-electron chi connectivity index (χ2n) is 4.81. The Balaban J connectivity index is 1.94. The fourth-order valence-electron chi connectivity index (χ4n) is 2.13. The van der Waals surface area contributed by atoms with E-state index in [9.17, 15) is 0 Å². The van der Waals surface area contributed by atoms with Crippen molar-refractivity contribution >= 4 is 0 Å². The van der Waals surface area contributed by atoms with Crippen LogP contribution in [0.5, 0.6) is 5.75 Å². The van der Waals surface area contributed by atoms with Gasteiger partial charge in [0.1, 0.15) is 5.75 Å². The number of hydrogen-bond acceptors (Lipinski definition) is 2. The lowest BCUT2D eigenvalue weighted by molar-refractivity contribution is 0.414. The smallest absolute Gasteiger partial charge is 0.119 e. The van der Waals surface area contributed by atoms with Crippen LogP contribution < -0.4 is 10.1 Å². The minimum absolute atomic E-state index is 0.852. The minimum atomic E-state index is 0.852. The maximum atomic E-state index is 5.23. The standard InChI is InChI=1S/C17H21NO/c1-13-6-4-8-16(14(13)2)12-18-11-15-7-5-9-17(10-15)19-3/h4-10,18H,11-12H2,1-3H3. The summed E-state index contributed by atoms with van der Waals surface area (Å²) < 4.78 is 5.23. The van der Waals surface area contributed by atoms with Crippen molar-refractivity contribution in [3.63, 3.8) is 0 Å². The van der Waals surface area contributed by atoms with Crippen LogP contribution in [0, 0.1) is 13.8 Å². The molecule has 0 heterocycles. The first-order valence-corrected chi connectivity index (χ1v) is 6.59. The number of methoxy groups -OCH3 is 1. The molecule has 0 amide bonds. The van der Waals surface area contributed by atoms with Crippen LogP contribution in [0.4, 0.5) is 0 Å². The molecule has 1 N–H and O–H groups in total. The van der Waals surface area contributed by atoms with Gasteiger partial charge in [-0.3, -0.25) is 0 Å². The maximum Gasteiger partial charge on any atom is 0.119 e. The molecule has 0 fully saturated rings. The van der Waals surface area contributed by atoms with Gasteiger partial charge in [-0.05, 0) is 48.2 Å². The van der Waals surface area contributed by atoms with Crippen LogP contribution in [0.15, 0.2) is 42.5 Å². The summed E-state index contributed by atoms with van der Waals surface area (Å²) in [4.78, 5) is 0. The van der Waals surface area contributed by atoms with Crippen molar-refractivity contribution in [1.29, 1.82) is 0 Å². The molecule has 19 heavy (non-hydrogen) atoms. The molecular formula is C17H21NO. The summed E-state index contributed by atoms with van der Waals surface area (Å²) in [5, 5.41) is 3.48.